The van der Waals surface area contributed by atoms with Crippen LogP contribution in [0, 0.1) is 0 Å². The Morgan fingerprint density at radius 3 is 2.10 bits per heavy atom. The van der Waals surface area contributed by atoms with Crippen LogP contribution in [0.2, 0.25) is 0 Å². The molecule has 0 spiro atoms. The average Bonchev–Trinajstić information content (AvgIpc) is 2.47. The van der Waals surface area contributed by atoms with Gasteiger partial charge in [0.2, 0.25) is 0 Å². The molecule has 0 amide bonds. The molecule has 1 aliphatic rings. The quantitative estimate of drug-likeness (QED) is 0.917. The van der Waals surface area contributed by atoms with Crippen LogP contribution in [0.5, 0.6) is 0 Å². The van der Waals surface area contributed by atoms with Gasteiger partial charge in [-0.3, -0.25) is 4.90 Å². The molecule has 1 aromatic carbocycles. The first kappa shape index (κ1) is 16.3. The van der Waals surface area contributed by atoms with Crippen LogP contribution in [0.1, 0.15) is 46.2 Å². The van der Waals surface area contributed by atoms with E-state index in [0.717, 1.165) is 32.7 Å². The van der Waals surface area contributed by atoms with Crippen molar-refractivity contribution in [3.63, 3.8) is 0 Å². The van der Waals surface area contributed by atoms with Crippen molar-refractivity contribution in [2.75, 3.05) is 37.6 Å². The summed E-state index contributed by atoms with van der Waals surface area (Å²) in [4.78, 5) is 5.08. The molecule has 0 radical (unpaired) electrons. The van der Waals surface area contributed by atoms with Crippen LogP contribution in [-0.2, 0) is 0 Å². The number of piperazine rings is 1. The van der Waals surface area contributed by atoms with Gasteiger partial charge in [-0.1, -0.05) is 19.1 Å². The van der Waals surface area contributed by atoms with Crippen LogP contribution < -0.4 is 10.2 Å². The Morgan fingerprint density at radius 2 is 1.62 bits per heavy atom. The van der Waals surface area contributed by atoms with Gasteiger partial charge in [0.15, 0.2) is 0 Å². The van der Waals surface area contributed by atoms with Crippen molar-refractivity contribution in [3.8, 4) is 0 Å². The lowest BCUT2D eigenvalue weighted by atomic mass is 10.0. The molecular formula is C18H31N3. The third-order valence-electron chi connectivity index (χ3n) is 4.50. The van der Waals surface area contributed by atoms with Crippen LogP contribution in [0.25, 0.3) is 0 Å². The lowest BCUT2D eigenvalue weighted by molar-refractivity contribution is 0.128. The predicted octanol–water partition coefficient (Wildman–Crippen LogP) is 3.28. The molecule has 0 saturated carbocycles. The third-order valence-corrected chi connectivity index (χ3v) is 4.50. The van der Waals surface area contributed by atoms with Gasteiger partial charge in [-0.2, -0.15) is 0 Å². The molecule has 0 aliphatic carbocycles. The molecule has 3 nitrogen and oxygen atoms in total. The molecule has 2 rings (SSSR count). The Kier molecular flexibility index (Phi) is 5.28. The summed E-state index contributed by atoms with van der Waals surface area (Å²) in [5, 5.41) is 3.46. The van der Waals surface area contributed by atoms with E-state index in [1.807, 2.05) is 0 Å². The molecule has 1 unspecified atom stereocenters. The number of nitrogens with zero attached hydrogens (tertiary/aromatic N) is 2. The average molecular weight is 289 g/mol. The highest BCUT2D eigenvalue weighted by atomic mass is 15.3. The van der Waals surface area contributed by atoms with Crippen LogP contribution in [0.15, 0.2) is 24.3 Å². The van der Waals surface area contributed by atoms with E-state index >= 15 is 0 Å². The van der Waals surface area contributed by atoms with Gasteiger partial charge in [-0.15, -0.1) is 0 Å². The fraction of sp³-hybridized carbons (Fsp3) is 0.667. The van der Waals surface area contributed by atoms with Crippen LogP contribution in [0.4, 0.5) is 5.69 Å². The van der Waals surface area contributed by atoms with Crippen molar-refractivity contribution >= 4 is 5.69 Å². The Hall–Kier alpha value is -1.06. The zero-order chi connectivity index (χ0) is 15.5. The second-order valence-corrected chi connectivity index (χ2v) is 7.02. The van der Waals surface area contributed by atoms with Crippen molar-refractivity contribution in [2.45, 2.75) is 46.2 Å². The Labute approximate surface area is 130 Å². The topological polar surface area (TPSA) is 18.5 Å². The first-order valence-corrected chi connectivity index (χ1v) is 8.25. The summed E-state index contributed by atoms with van der Waals surface area (Å²) >= 11 is 0. The monoisotopic (exact) mass is 289 g/mol. The number of nitrogens with one attached hydrogen (secondary N) is 1. The normalized spacial score (nSPS) is 18.8. The molecule has 3 heteroatoms. The van der Waals surface area contributed by atoms with Crippen molar-refractivity contribution in [1.82, 2.24) is 10.2 Å². The number of hydrogen-bond acceptors (Lipinski definition) is 3. The van der Waals surface area contributed by atoms with Crippen molar-refractivity contribution < 1.29 is 0 Å². The summed E-state index contributed by atoms with van der Waals surface area (Å²) in [6.45, 7) is 16.9. The van der Waals surface area contributed by atoms with Gasteiger partial charge in [0.1, 0.15) is 0 Å². The largest absolute Gasteiger partial charge is 0.369 e. The molecule has 1 fully saturated rings. The molecule has 1 heterocycles. The molecule has 1 atom stereocenters. The molecule has 21 heavy (non-hydrogen) atoms. The van der Waals surface area contributed by atoms with Gasteiger partial charge >= 0.3 is 0 Å². The van der Waals surface area contributed by atoms with E-state index in [4.69, 9.17) is 0 Å². The maximum atomic E-state index is 3.46. The van der Waals surface area contributed by atoms with E-state index in [-0.39, 0.29) is 5.54 Å². The van der Waals surface area contributed by atoms with Crippen LogP contribution in [0.3, 0.4) is 0 Å². The summed E-state index contributed by atoms with van der Waals surface area (Å²) in [6, 6.07) is 9.51. The van der Waals surface area contributed by atoms with E-state index in [1.54, 1.807) is 0 Å². The second kappa shape index (κ2) is 6.80. The Balaban J connectivity index is 1.95. The number of hydrogen-bond donors (Lipinski definition) is 1. The summed E-state index contributed by atoms with van der Waals surface area (Å²) in [7, 11) is 0. The summed E-state index contributed by atoms with van der Waals surface area (Å²) < 4.78 is 0. The minimum atomic E-state index is 0.289. The molecule has 1 aromatic rings. The highest BCUT2D eigenvalue weighted by molar-refractivity contribution is 5.48. The SMILES string of the molecule is CCNC(C)c1ccc(N2CCN(C(C)(C)C)CC2)cc1. The van der Waals surface area contributed by atoms with E-state index in [2.05, 4.69) is 74.0 Å². The smallest absolute Gasteiger partial charge is 0.0367 e. The fourth-order valence-corrected chi connectivity index (χ4v) is 3.03. The zero-order valence-corrected chi connectivity index (χ0v) is 14.3. The number of anilines is 1. The van der Waals surface area contributed by atoms with E-state index < -0.39 is 0 Å². The minimum Gasteiger partial charge on any atom is -0.369 e. The fourth-order valence-electron chi connectivity index (χ4n) is 3.03. The van der Waals surface area contributed by atoms with E-state index in [0.29, 0.717) is 6.04 Å². The number of rotatable bonds is 4. The predicted molar refractivity (Wildman–Crippen MR) is 92.1 cm³/mol. The maximum Gasteiger partial charge on any atom is 0.0367 e. The molecule has 0 bridgehead atoms. The van der Waals surface area contributed by atoms with Crippen LogP contribution in [-0.4, -0.2) is 43.2 Å². The van der Waals surface area contributed by atoms with Crippen molar-refractivity contribution in [3.05, 3.63) is 29.8 Å². The van der Waals surface area contributed by atoms with Gasteiger partial charge in [0.05, 0.1) is 0 Å². The minimum absolute atomic E-state index is 0.289. The Bertz CT molecular complexity index is 425. The Morgan fingerprint density at radius 1 is 1.05 bits per heavy atom. The third kappa shape index (κ3) is 4.21. The second-order valence-electron chi connectivity index (χ2n) is 7.02. The summed E-state index contributed by atoms with van der Waals surface area (Å²) in [5.41, 5.74) is 3.02. The zero-order valence-electron chi connectivity index (χ0n) is 14.3. The first-order valence-electron chi connectivity index (χ1n) is 8.25. The van der Waals surface area contributed by atoms with Crippen molar-refractivity contribution in [2.24, 2.45) is 0 Å². The number of benzene rings is 1. The van der Waals surface area contributed by atoms with E-state index in [1.165, 1.54) is 11.3 Å². The highest BCUT2D eigenvalue weighted by Crippen LogP contribution is 2.22. The molecule has 1 N–H and O–H groups in total. The first-order chi connectivity index (χ1) is 9.91. The molecule has 0 aromatic heterocycles. The lowest BCUT2D eigenvalue weighted by Gasteiger charge is -2.43. The highest BCUT2D eigenvalue weighted by Gasteiger charge is 2.25. The van der Waals surface area contributed by atoms with Gasteiger partial charge in [0.25, 0.3) is 0 Å². The van der Waals surface area contributed by atoms with E-state index in [9.17, 15) is 0 Å². The van der Waals surface area contributed by atoms with Gasteiger partial charge in [-0.05, 0) is 51.9 Å². The standard InChI is InChI=1S/C18H31N3/c1-6-19-15(2)16-7-9-17(10-8-16)20-11-13-21(14-12-20)18(3,4)5/h7-10,15,19H,6,11-14H2,1-5H3. The summed E-state index contributed by atoms with van der Waals surface area (Å²) in [6.07, 6.45) is 0. The van der Waals surface area contributed by atoms with Crippen LogP contribution >= 0.6 is 0 Å². The molecule has 1 aliphatic heterocycles. The van der Waals surface area contributed by atoms with Gasteiger partial charge in [0, 0.05) is 43.4 Å². The molecule has 1 saturated heterocycles. The lowest BCUT2D eigenvalue weighted by Crippen LogP contribution is -2.53. The van der Waals surface area contributed by atoms with Gasteiger partial charge in [-0.25, -0.2) is 0 Å². The van der Waals surface area contributed by atoms with Crippen molar-refractivity contribution in [1.29, 1.82) is 0 Å². The van der Waals surface area contributed by atoms with Gasteiger partial charge < -0.3 is 10.2 Å². The maximum absolute atomic E-state index is 3.46. The molecule has 118 valence electrons. The summed E-state index contributed by atoms with van der Waals surface area (Å²) in [5.74, 6) is 0. The molecular weight excluding hydrogens is 258 g/mol.